The number of carboxylic acids is 1. The van der Waals surface area contributed by atoms with Gasteiger partial charge in [0.2, 0.25) is 11.7 Å². The number of phenols is 1. The van der Waals surface area contributed by atoms with Gasteiger partial charge < -0.3 is 14.7 Å². The molecule has 0 spiro atoms. The van der Waals surface area contributed by atoms with Crippen LogP contribution in [0.5, 0.6) is 5.75 Å². The highest BCUT2D eigenvalue weighted by molar-refractivity contribution is 5.66. The summed E-state index contributed by atoms with van der Waals surface area (Å²) in [6.07, 6.45) is 2.08. The molecule has 1 aliphatic rings. The fourth-order valence-electron chi connectivity index (χ4n) is 4.81. The lowest BCUT2D eigenvalue weighted by Gasteiger charge is -2.47. The van der Waals surface area contributed by atoms with E-state index in [4.69, 9.17) is 9.63 Å². The Morgan fingerprint density at radius 2 is 1.91 bits per heavy atom. The molecule has 0 bridgehead atoms. The van der Waals surface area contributed by atoms with Crippen LogP contribution in [0, 0.1) is 0 Å². The SMILES string of the molecule is C=CCN1CC(C)N(C(c2cccc(O)c2)c2cccc(-c3noc(CCC(=O)O)n3)c2)CC1C. The van der Waals surface area contributed by atoms with Crippen molar-refractivity contribution in [2.45, 2.75) is 44.8 Å². The predicted molar refractivity (Wildman–Crippen MR) is 133 cm³/mol. The summed E-state index contributed by atoms with van der Waals surface area (Å²) in [4.78, 5) is 20.2. The number of hydrogen-bond donors (Lipinski definition) is 2. The second-order valence-corrected chi connectivity index (χ2v) is 9.17. The number of piperazine rings is 1. The Kier molecular flexibility index (Phi) is 7.63. The normalized spacial score (nSPS) is 19.9. The van der Waals surface area contributed by atoms with Gasteiger partial charge in [-0.25, -0.2) is 0 Å². The van der Waals surface area contributed by atoms with Crippen LogP contribution in [-0.4, -0.2) is 67.8 Å². The number of aromatic nitrogens is 2. The molecule has 3 atom stereocenters. The van der Waals surface area contributed by atoms with Gasteiger partial charge in [-0.3, -0.25) is 14.6 Å². The highest BCUT2D eigenvalue weighted by Crippen LogP contribution is 2.35. The van der Waals surface area contributed by atoms with Crippen LogP contribution in [0.4, 0.5) is 0 Å². The summed E-state index contributed by atoms with van der Waals surface area (Å²) < 4.78 is 5.27. The summed E-state index contributed by atoms with van der Waals surface area (Å²) in [6.45, 7) is 11.0. The lowest BCUT2D eigenvalue weighted by atomic mass is 9.92. The molecule has 1 aliphatic heterocycles. The summed E-state index contributed by atoms with van der Waals surface area (Å²) in [5.41, 5.74) is 2.86. The highest BCUT2D eigenvalue weighted by atomic mass is 16.5. The van der Waals surface area contributed by atoms with Crippen molar-refractivity contribution >= 4 is 5.97 Å². The van der Waals surface area contributed by atoms with Crippen molar-refractivity contribution in [3.63, 3.8) is 0 Å². The smallest absolute Gasteiger partial charge is 0.303 e. The van der Waals surface area contributed by atoms with E-state index in [1.807, 2.05) is 42.5 Å². The number of aryl methyl sites for hydroxylation is 1. The number of nitrogens with zero attached hydrogens (tertiary/aromatic N) is 4. The molecule has 35 heavy (non-hydrogen) atoms. The second-order valence-electron chi connectivity index (χ2n) is 9.17. The number of aromatic hydroxyl groups is 1. The van der Waals surface area contributed by atoms with Gasteiger partial charge in [-0.2, -0.15) is 4.98 Å². The monoisotopic (exact) mass is 476 g/mol. The first-order valence-electron chi connectivity index (χ1n) is 11.9. The largest absolute Gasteiger partial charge is 0.508 e. The predicted octanol–water partition coefficient (Wildman–Crippen LogP) is 4.13. The quantitative estimate of drug-likeness (QED) is 0.445. The van der Waals surface area contributed by atoms with Gasteiger partial charge in [0.05, 0.1) is 12.5 Å². The van der Waals surface area contributed by atoms with Gasteiger partial charge >= 0.3 is 5.97 Å². The minimum atomic E-state index is -0.905. The van der Waals surface area contributed by atoms with E-state index in [0.29, 0.717) is 17.8 Å². The van der Waals surface area contributed by atoms with Crippen LogP contribution in [-0.2, 0) is 11.2 Å². The molecule has 0 saturated carbocycles. The fourth-order valence-corrected chi connectivity index (χ4v) is 4.81. The van der Waals surface area contributed by atoms with Crippen molar-refractivity contribution in [3.8, 4) is 17.1 Å². The zero-order valence-corrected chi connectivity index (χ0v) is 20.2. The maximum Gasteiger partial charge on any atom is 0.303 e. The van der Waals surface area contributed by atoms with E-state index in [0.717, 1.165) is 36.3 Å². The molecule has 2 aromatic carbocycles. The van der Waals surface area contributed by atoms with Crippen molar-refractivity contribution in [2.75, 3.05) is 19.6 Å². The summed E-state index contributed by atoms with van der Waals surface area (Å²) in [5.74, 6) is 0.0605. The molecule has 1 aromatic heterocycles. The lowest BCUT2D eigenvalue weighted by Crippen LogP contribution is -2.57. The lowest BCUT2D eigenvalue weighted by molar-refractivity contribution is -0.137. The Labute approximate surface area is 205 Å². The number of rotatable bonds is 9. The van der Waals surface area contributed by atoms with Crippen molar-refractivity contribution in [3.05, 3.63) is 78.2 Å². The maximum absolute atomic E-state index is 10.9. The van der Waals surface area contributed by atoms with Crippen LogP contribution in [0.1, 0.15) is 43.3 Å². The molecule has 1 saturated heterocycles. The van der Waals surface area contributed by atoms with E-state index < -0.39 is 5.97 Å². The molecule has 4 rings (SSSR count). The van der Waals surface area contributed by atoms with Crippen LogP contribution in [0.2, 0.25) is 0 Å². The van der Waals surface area contributed by atoms with Gasteiger partial charge in [0, 0.05) is 43.7 Å². The van der Waals surface area contributed by atoms with Crippen LogP contribution < -0.4 is 0 Å². The zero-order chi connectivity index (χ0) is 24.9. The molecule has 8 heteroatoms. The fraction of sp³-hybridized carbons (Fsp3) is 0.370. The number of benzene rings is 2. The molecular weight excluding hydrogens is 444 g/mol. The topological polar surface area (TPSA) is 103 Å². The molecule has 2 heterocycles. The van der Waals surface area contributed by atoms with Crippen molar-refractivity contribution in [1.29, 1.82) is 0 Å². The number of phenolic OH excluding ortho intramolecular Hbond substituents is 1. The second kappa shape index (κ2) is 10.8. The molecule has 184 valence electrons. The standard InChI is InChI=1S/C27H32N4O4/c1-4-13-30-16-19(3)31(17-18(30)2)26(21-8-6-10-23(32)15-21)20-7-5-9-22(14-20)27-28-24(35-29-27)11-12-25(33)34/h4-10,14-15,18-19,26,32H,1,11-13,16-17H2,2-3H3,(H,33,34). The molecule has 0 aliphatic carbocycles. The Bertz CT molecular complexity index is 1180. The maximum atomic E-state index is 10.9. The first-order valence-corrected chi connectivity index (χ1v) is 11.9. The first-order chi connectivity index (χ1) is 16.9. The van der Waals surface area contributed by atoms with E-state index >= 15 is 0 Å². The average molecular weight is 477 g/mol. The Balaban J connectivity index is 1.69. The van der Waals surface area contributed by atoms with Crippen LogP contribution in [0.3, 0.4) is 0 Å². The van der Waals surface area contributed by atoms with Gasteiger partial charge in [-0.1, -0.05) is 41.6 Å². The van der Waals surface area contributed by atoms with E-state index in [1.165, 1.54) is 0 Å². The Morgan fingerprint density at radius 3 is 2.63 bits per heavy atom. The van der Waals surface area contributed by atoms with Gasteiger partial charge in [0.1, 0.15) is 5.75 Å². The first kappa shape index (κ1) is 24.6. The third kappa shape index (κ3) is 5.78. The van der Waals surface area contributed by atoms with Gasteiger partial charge in [-0.15, -0.1) is 6.58 Å². The van der Waals surface area contributed by atoms with E-state index in [9.17, 15) is 9.90 Å². The number of carbonyl (C=O) groups is 1. The van der Waals surface area contributed by atoms with Crippen molar-refractivity contribution < 1.29 is 19.5 Å². The highest BCUT2D eigenvalue weighted by Gasteiger charge is 2.34. The molecule has 1 fully saturated rings. The third-order valence-corrected chi connectivity index (χ3v) is 6.53. The number of carboxylic acid groups (broad SMARTS) is 1. The van der Waals surface area contributed by atoms with Gasteiger partial charge in [0.25, 0.3) is 0 Å². The molecule has 3 aromatic rings. The summed E-state index contributed by atoms with van der Waals surface area (Å²) in [6, 6.07) is 16.0. The molecule has 3 unspecified atom stereocenters. The van der Waals surface area contributed by atoms with Crippen LogP contribution >= 0.6 is 0 Å². The summed E-state index contributed by atoms with van der Waals surface area (Å²) in [5, 5.41) is 23.2. The van der Waals surface area contributed by atoms with E-state index in [-0.39, 0.29) is 30.7 Å². The van der Waals surface area contributed by atoms with Crippen LogP contribution in [0.25, 0.3) is 11.4 Å². The molecule has 8 nitrogen and oxygen atoms in total. The van der Waals surface area contributed by atoms with Gasteiger partial charge in [0.15, 0.2) is 0 Å². The average Bonchev–Trinajstić information content (AvgIpc) is 3.31. The number of aliphatic carboxylic acids is 1. The third-order valence-electron chi connectivity index (χ3n) is 6.53. The Morgan fingerprint density at radius 1 is 1.17 bits per heavy atom. The number of hydrogen-bond acceptors (Lipinski definition) is 7. The molecular formula is C27H32N4O4. The van der Waals surface area contributed by atoms with Crippen molar-refractivity contribution in [1.82, 2.24) is 19.9 Å². The minimum absolute atomic E-state index is 0.0604. The van der Waals surface area contributed by atoms with Crippen LogP contribution in [0.15, 0.2) is 65.7 Å². The van der Waals surface area contributed by atoms with E-state index in [2.05, 4.69) is 46.4 Å². The minimum Gasteiger partial charge on any atom is -0.508 e. The zero-order valence-electron chi connectivity index (χ0n) is 20.2. The summed E-state index contributed by atoms with van der Waals surface area (Å²) >= 11 is 0. The molecule has 0 radical (unpaired) electrons. The molecule has 2 N–H and O–H groups in total. The molecule has 0 amide bonds. The van der Waals surface area contributed by atoms with Crippen molar-refractivity contribution in [2.24, 2.45) is 0 Å². The Hall–Kier alpha value is -3.49. The van der Waals surface area contributed by atoms with Gasteiger partial charge in [-0.05, 0) is 43.2 Å². The summed E-state index contributed by atoms with van der Waals surface area (Å²) in [7, 11) is 0. The van der Waals surface area contributed by atoms with E-state index in [1.54, 1.807) is 6.07 Å².